The molecular formula is C12H15Cl2N3. The van der Waals surface area contributed by atoms with E-state index in [0.717, 1.165) is 25.2 Å². The van der Waals surface area contributed by atoms with Crippen LogP contribution in [0.15, 0.2) is 30.3 Å². The zero-order valence-electron chi connectivity index (χ0n) is 9.27. The maximum Gasteiger partial charge on any atom is 0.0968 e. The first kappa shape index (κ1) is 14.0. The van der Waals surface area contributed by atoms with E-state index in [-0.39, 0.29) is 24.8 Å². The lowest BCUT2D eigenvalue weighted by Gasteiger charge is -2.12. The maximum absolute atomic E-state index is 4.40. The molecule has 17 heavy (non-hydrogen) atoms. The predicted molar refractivity (Wildman–Crippen MR) is 73.9 cm³/mol. The molecule has 1 aliphatic rings. The van der Waals surface area contributed by atoms with Crippen LogP contribution < -0.4 is 5.32 Å². The number of benzene rings is 1. The van der Waals surface area contributed by atoms with Crippen molar-refractivity contribution in [1.29, 1.82) is 0 Å². The van der Waals surface area contributed by atoms with Crippen molar-refractivity contribution in [1.82, 2.24) is 15.5 Å². The summed E-state index contributed by atoms with van der Waals surface area (Å²) in [4.78, 5) is 0. The Balaban J connectivity index is 0.000000722. The van der Waals surface area contributed by atoms with Crippen molar-refractivity contribution in [3.05, 3.63) is 41.6 Å². The van der Waals surface area contributed by atoms with Crippen LogP contribution in [0.4, 0.5) is 0 Å². The van der Waals surface area contributed by atoms with E-state index in [0.29, 0.717) is 0 Å². The highest BCUT2D eigenvalue weighted by Crippen LogP contribution is 2.25. The van der Waals surface area contributed by atoms with Crippen molar-refractivity contribution >= 4 is 24.8 Å². The van der Waals surface area contributed by atoms with Gasteiger partial charge in [-0.15, -0.1) is 24.8 Å². The highest BCUT2D eigenvalue weighted by atomic mass is 35.5. The molecule has 3 nitrogen and oxygen atoms in total. The summed E-state index contributed by atoms with van der Waals surface area (Å²) in [6.45, 7) is 1.97. The average molecular weight is 272 g/mol. The smallest absolute Gasteiger partial charge is 0.0968 e. The molecule has 1 aromatic carbocycles. The summed E-state index contributed by atoms with van der Waals surface area (Å²) < 4.78 is 0. The molecule has 0 saturated carbocycles. The Kier molecular flexibility index (Phi) is 5.00. The summed E-state index contributed by atoms with van der Waals surface area (Å²) in [7, 11) is 0. The van der Waals surface area contributed by atoms with E-state index in [1.165, 1.54) is 16.8 Å². The fraction of sp³-hybridized carbons (Fsp3) is 0.250. The molecule has 2 aromatic rings. The Morgan fingerprint density at radius 2 is 1.82 bits per heavy atom. The Bertz CT molecular complexity index is 468. The van der Waals surface area contributed by atoms with E-state index in [4.69, 9.17) is 0 Å². The Labute approximate surface area is 113 Å². The van der Waals surface area contributed by atoms with Crippen molar-refractivity contribution < 1.29 is 0 Å². The summed E-state index contributed by atoms with van der Waals surface area (Å²) in [6, 6.07) is 10.3. The molecule has 2 N–H and O–H groups in total. The van der Waals surface area contributed by atoms with Crippen molar-refractivity contribution in [2.45, 2.75) is 13.0 Å². The largest absolute Gasteiger partial charge is 0.312 e. The van der Waals surface area contributed by atoms with Crippen LogP contribution in [0.2, 0.25) is 0 Å². The van der Waals surface area contributed by atoms with Crippen LogP contribution >= 0.6 is 24.8 Å². The van der Waals surface area contributed by atoms with Gasteiger partial charge < -0.3 is 5.32 Å². The van der Waals surface area contributed by atoms with Gasteiger partial charge in [0.15, 0.2) is 0 Å². The highest BCUT2D eigenvalue weighted by molar-refractivity contribution is 5.85. The van der Waals surface area contributed by atoms with Gasteiger partial charge in [0.1, 0.15) is 0 Å². The average Bonchev–Trinajstić information content (AvgIpc) is 2.74. The summed E-state index contributed by atoms with van der Waals surface area (Å²) in [5, 5.41) is 10.9. The monoisotopic (exact) mass is 271 g/mol. The van der Waals surface area contributed by atoms with Gasteiger partial charge in [0, 0.05) is 36.3 Å². The molecule has 3 rings (SSSR count). The number of nitrogens with zero attached hydrogens (tertiary/aromatic N) is 1. The van der Waals surface area contributed by atoms with Crippen LogP contribution in [0.5, 0.6) is 0 Å². The van der Waals surface area contributed by atoms with E-state index in [9.17, 15) is 0 Å². The lowest BCUT2D eigenvalue weighted by molar-refractivity contribution is 0.637. The van der Waals surface area contributed by atoms with E-state index < -0.39 is 0 Å². The molecule has 1 aliphatic heterocycles. The zero-order chi connectivity index (χ0) is 10.1. The molecule has 2 heterocycles. The topological polar surface area (TPSA) is 40.7 Å². The number of hydrogen-bond acceptors (Lipinski definition) is 2. The minimum absolute atomic E-state index is 0. The first-order valence-corrected chi connectivity index (χ1v) is 5.27. The van der Waals surface area contributed by atoms with Crippen molar-refractivity contribution in [2.75, 3.05) is 6.54 Å². The Morgan fingerprint density at radius 3 is 2.59 bits per heavy atom. The highest BCUT2D eigenvalue weighted by Gasteiger charge is 2.16. The first-order valence-electron chi connectivity index (χ1n) is 5.27. The summed E-state index contributed by atoms with van der Waals surface area (Å²) in [5.41, 5.74) is 4.90. The van der Waals surface area contributed by atoms with Crippen molar-refractivity contribution in [2.24, 2.45) is 0 Å². The third-order valence-electron chi connectivity index (χ3n) is 2.85. The summed E-state index contributed by atoms with van der Waals surface area (Å²) in [5.74, 6) is 0. The van der Waals surface area contributed by atoms with Gasteiger partial charge in [-0.05, 0) is 0 Å². The Hall–Kier alpha value is -1.03. The Morgan fingerprint density at radius 1 is 1.06 bits per heavy atom. The molecule has 0 fully saturated rings. The van der Waals surface area contributed by atoms with Gasteiger partial charge in [0.25, 0.3) is 0 Å². The number of H-pyrrole nitrogens is 1. The van der Waals surface area contributed by atoms with Crippen molar-refractivity contribution in [3.8, 4) is 11.3 Å². The van der Waals surface area contributed by atoms with Gasteiger partial charge in [-0.1, -0.05) is 30.3 Å². The summed E-state index contributed by atoms with van der Waals surface area (Å²) >= 11 is 0. The first-order chi connectivity index (χ1) is 7.45. The minimum atomic E-state index is 0. The number of nitrogens with one attached hydrogen (secondary N) is 2. The number of aromatic nitrogens is 2. The van der Waals surface area contributed by atoms with Crippen molar-refractivity contribution in [3.63, 3.8) is 0 Å². The van der Waals surface area contributed by atoms with Crippen LogP contribution in [0.1, 0.15) is 11.3 Å². The second-order valence-electron chi connectivity index (χ2n) is 3.82. The standard InChI is InChI=1S/C12H13N3.2ClH/c1-2-4-9(5-3-1)12-10-8-13-7-6-11(10)14-15-12;;/h1-5,13H,6-8H2,(H,14,15);2*1H. The van der Waals surface area contributed by atoms with E-state index in [1.807, 2.05) is 18.2 Å². The molecule has 0 amide bonds. The quantitative estimate of drug-likeness (QED) is 0.837. The van der Waals surface area contributed by atoms with Gasteiger partial charge in [-0.25, -0.2) is 0 Å². The lowest BCUT2D eigenvalue weighted by atomic mass is 10.0. The number of rotatable bonds is 1. The van der Waals surface area contributed by atoms with Crippen LogP contribution in [0, 0.1) is 0 Å². The van der Waals surface area contributed by atoms with Crippen LogP contribution in [-0.4, -0.2) is 16.7 Å². The molecule has 0 aliphatic carbocycles. The molecule has 0 radical (unpaired) electrons. The molecule has 5 heteroatoms. The normalized spacial score (nSPS) is 13.2. The number of fused-ring (bicyclic) bond motifs is 1. The van der Waals surface area contributed by atoms with E-state index in [2.05, 4.69) is 27.6 Å². The fourth-order valence-corrected chi connectivity index (χ4v) is 2.06. The molecule has 0 unspecified atom stereocenters. The number of halogens is 2. The third-order valence-corrected chi connectivity index (χ3v) is 2.85. The van der Waals surface area contributed by atoms with E-state index in [1.54, 1.807) is 0 Å². The van der Waals surface area contributed by atoms with Crippen LogP contribution in [-0.2, 0) is 13.0 Å². The fourth-order valence-electron chi connectivity index (χ4n) is 2.06. The number of aromatic amines is 1. The molecule has 0 atom stereocenters. The maximum atomic E-state index is 4.40. The predicted octanol–water partition coefficient (Wildman–Crippen LogP) is 2.57. The molecule has 92 valence electrons. The molecule has 1 aromatic heterocycles. The van der Waals surface area contributed by atoms with Gasteiger partial charge in [-0.2, -0.15) is 5.10 Å². The molecule has 0 saturated heterocycles. The minimum Gasteiger partial charge on any atom is -0.312 e. The SMILES string of the molecule is Cl.Cl.c1ccc(-c2n[nH]c3c2CNCC3)cc1. The molecule has 0 spiro atoms. The van der Waals surface area contributed by atoms with Crippen LogP contribution in [0.25, 0.3) is 11.3 Å². The molecular weight excluding hydrogens is 257 g/mol. The van der Waals surface area contributed by atoms with Gasteiger partial charge >= 0.3 is 0 Å². The summed E-state index contributed by atoms with van der Waals surface area (Å²) in [6.07, 6.45) is 1.05. The second kappa shape index (κ2) is 6.05. The molecule has 0 bridgehead atoms. The zero-order valence-corrected chi connectivity index (χ0v) is 10.9. The number of hydrogen-bond donors (Lipinski definition) is 2. The second-order valence-corrected chi connectivity index (χ2v) is 3.82. The van der Waals surface area contributed by atoms with Gasteiger partial charge in [-0.3, -0.25) is 5.10 Å². The van der Waals surface area contributed by atoms with Crippen LogP contribution in [0.3, 0.4) is 0 Å². The van der Waals surface area contributed by atoms with Gasteiger partial charge in [0.2, 0.25) is 0 Å². The van der Waals surface area contributed by atoms with E-state index >= 15 is 0 Å². The van der Waals surface area contributed by atoms with Gasteiger partial charge in [0.05, 0.1) is 5.69 Å². The lowest BCUT2D eigenvalue weighted by Crippen LogP contribution is -2.23. The third kappa shape index (κ3) is 2.63.